The monoisotopic (exact) mass is 435 g/mol. The van der Waals surface area contributed by atoms with Crippen molar-refractivity contribution in [2.45, 2.75) is 72.9 Å². The minimum atomic E-state index is -0.191. The lowest BCUT2D eigenvalue weighted by atomic mass is 9.92. The molecule has 8 heteroatoms. The van der Waals surface area contributed by atoms with Crippen LogP contribution >= 0.6 is 11.6 Å². The van der Waals surface area contributed by atoms with Crippen molar-refractivity contribution in [1.82, 2.24) is 25.2 Å². The number of rotatable bonds is 6. The third-order valence-corrected chi connectivity index (χ3v) is 6.01. The highest BCUT2D eigenvalue weighted by Crippen LogP contribution is 2.29. The first-order chi connectivity index (χ1) is 14.2. The second-order valence-electron chi connectivity index (χ2n) is 9.41. The summed E-state index contributed by atoms with van der Waals surface area (Å²) < 4.78 is 6.80. The van der Waals surface area contributed by atoms with E-state index >= 15 is 0 Å². The summed E-state index contributed by atoms with van der Waals surface area (Å²) in [6.07, 6.45) is 4.16. The van der Waals surface area contributed by atoms with Crippen LogP contribution in [0.1, 0.15) is 69.5 Å². The van der Waals surface area contributed by atoms with Gasteiger partial charge in [0.1, 0.15) is 27.9 Å². The third-order valence-electron chi connectivity index (χ3n) is 5.62. The van der Waals surface area contributed by atoms with Gasteiger partial charge in [-0.3, -0.25) is 9.48 Å². The second-order valence-corrected chi connectivity index (χ2v) is 9.76. The first kappa shape index (κ1) is 22.8. The van der Waals surface area contributed by atoms with Crippen molar-refractivity contribution in [3.63, 3.8) is 0 Å². The number of carbonyl (C=O) groups is 1. The molecule has 3 rings (SSSR count). The third kappa shape index (κ3) is 5.64. The number of aryl methyl sites for hydroxylation is 2. The lowest BCUT2D eigenvalue weighted by Gasteiger charge is -2.25. The molecule has 1 unspecified atom stereocenters. The zero-order valence-corrected chi connectivity index (χ0v) is 19.6. The predicted octanol–water partition coefficient (Wildman–Crippen LogP) is 4.54. The Labute approximate surface area is 184 Å². The van der Waals surface area contributed by atoms with E-state index in [2.05, 4.69) is 41.2 Å². The molecule has 2 aromatic rings. The van der Waals surface area contributed by atoms with Gasteiger partial charge in [-0.15, -0.1) is 0 Å². The van der Waals surface area contributed by atoms with Crippen LogP contribution in [0.4, 0.5) is 0 Å². The van der Waals surface area contributed by atoms with E-state index in [-0.39, 0.29) is 11.9 Å². The maximum atomic E-state index is 13.2. The molecule has 1 saturated heterocycles. The molecule has 1 N–H and O–H groups in total. The van der Waals surface area contributed by atoms with Gasteiger partial charge in [0.25, 0.3) is 5.91 Å². The molecule has 0 spiro atoms. The topological polar surface area (TPSA) is 76.2 Å². The smallest absolute Gasteiger partial charge is 0.256 e. The van der Waals surface area contributed by atoms with Gasteiger partial charge < -0.3 is 14.7 Å². The molecule has 1 aliphatic rings. The molecule has 1 atom stereocenters. The van der Waals surface area contributed by atoms with E-state index in [1.54, 1.807) is 10.7 Å². The fraction of sp³-hybridized carbons (Fsp3) is 0.682. The van der Waals surface area contributed by atoms with Gasteiger partial charge in [-0.2, -0.15) is 5.10 Å². The molecule has 1 amide bonds. The van der Waals surface area contributed by atoms with Crippen LogP contribution in [0.2, 0.25) is 5.15 Å². The number of nitrogens with one attached hydrogen (secondary N) is 1. The molecule has 3 heterocycles. The molecule has 0 saturated carbocycles. The Bertz CT molecular complexity index is 867. The van der Waals surface area contributed by atoms with Gasteiger partial charge in [0.2, 0.25) is 0 Å². The predicted molar refractivity (Wildman–Crippen MR) is 119 cm³/mol. The van der Waals surface area contributed by atoms with Crippen molar-refractivity contribution in [2.75, 3.05) is 19.6 Å². The van der Waals surface area contributed by atoms with Crippen LogP contribution in [0.5, 0.6) is 0 Å². The average Bonchev–Trinajstić information content (AvgIpc) is 3.16. The second kappa shape index (κ2) is 9.52. The van der Waals surface area contributed by atoms with Crippen LogP contribution in [-0.2, 0) is 6.54 Å². The zero-order chi connectivity index (χ0) is 21.9. The molecular weight excluding hydrogens is 402 g/mol. The molecule has 1 fully saturated rings. The summed E-state index contributed by atoms with van der Waals surface area (Å²) in [5, 5.41) is 12.1. The van der Waals surface area contributed by atoms with Crippen molar-refractivity contribution < 1.29 is 9.32 Å². The lowest BCUT2D eigenvalue weighted by Crippen LogP contribution is -2.36. The van der Waals surface area contributed by atoms with E-state index in [0.29, 0.717) is 39.8 Å². The van der Waals surface area contributed by atoms with Gasteiger partial charge in [-0.05, 0) is 58.0 Å². The summed E-state index contributed by atoms with van der Waals surface area (Å²) in [4.78, 5) is 15.7. The molecule has 7 nitrogen and oxygen atoms in total. The lowest BCUT2D eigenvalue weighted by molar-refractivity contribution is 0.0934. The van der Waals surface area contributed by atoms with Crippen molar-refractivity contribution in [2.24, 2.45) is 5.41 Å². The van der Waals surface area contributed by atoms with Crippen molar-refractivity contribution >= 4 is 17.5 Å². The molecule has 0 radical (unpaired) electrons. The maximum absolute atomic E-state index is 13.2. The average molecular weight is 436 g/mol. The molecular formula is C22H34ClN5O2. The minimum absolute atomic E-state index is 0.130. The highest BCUT2D eigenvalue weighted by atomic mass is 35.5. The number of hydrogen-bond acceptors (Lipinski definition) is 5. The molecule has 2 aromatic heterocycles. The fourth-order valence-corrected chi connectivity index (χ4v) is 4.12. The number of likely N-dealkylation sites (tertiary alicyclic amines) is 1. The summed E-state index contributed by atoms with van der Waals surface area (Å²) in [6.45, 7) is 14.4. The Morgan fingerprint density at radius 3 is 2.73 bits per heavy atom. The Kier molecular flexibility index (Phi) is 7.24. The minimum Gasteiger partial charge on any atom is -0.361 e. The van der Waals surface area contributed by atoms with Gasteiger partial charge >= 0.3 is 0 Å². The van der Waals surface area contributed by atoms with Crippen LogP contribution in [0.3, 0.4) is 0 Å². The number of hydrogen-bond donors (Lipinski definition) is 1. The Balaban J connectivity index is 1.69. The number of carbonyl (C=O) groups excluding carboxylic acids is 1. The zero-order valence-electron chi connectivity index (χ0n) is 18.8. The van der Waals surface area contributed by atoms with Crippen LogP contribution in [-0.4, -0.2) is 51.4 Å². The summed E-state index contributed by atoms with van der Waals surface area (Å²) in [6, 6.07) is 1.90. The Morgan fingerprint density at radius 1 is 1.33 bits per heavy atom. The van der Waals surface area contributed by atoms with E-state index in [9.17, 15) is 4.79 Å². The quantitative estimate of drug-likeness (QED) is 0.720. The molecule has 1 aliphatic heterocycles. The van der Waals surface area contributed by atoms with Gasteiger partial charge in [-0.1, -0.05) is 37.5 Å². The largest absolute Gasteiger partial charge is 0.361 e. The van der Waals surface area contributed by atoms with Gasteiger partial charge in [0.15, 0.2) is 0 Å². The highest BCUT2D eigenvalue weighted by Gasteiger charge is 2.28. The first-order valence-electron chi connectivity index (χ1n) is 10.9. The van der Waals surface area contributed by atoms with Crippen molar-refractivity contribution in [1.29, 1.82) is 0 Å². The van der Waals surface area contributed by atoms with E-state index in [1.165, 1.54) is 6.42 Å². The number of halogens is 1. The number of amides is 1. The van der Waals surface area contributed by atoms with E-state index in [1.807, 2.05) is 13.8 Å². The molecule has 0 aromatic carbocycles. The maximum Gasteiger partial charge on any atom is 0.256 e. The van der Waals surface area contributed by atoms with Gasteiger partial charge in [-0.25, -0.2) is 0 Å². The number of aromatic nitrogens is 3. The van der Waals surface area contributed by atoms with Crippen molar-refractivity contribution in [3.05, 3.63) is 22.5 Å². The Hall–Kier alpha value is -1.86. The summed E-state index contributed by atoms with van der Waals surface area (Å²) in [7, 11) is 0. The van der Waals surface area contributed by atoms with Gasteiger partial charge in [0, 0.05) is 25.2 Å². The SMILES string of the molecule is CCn1nc(-c2cc(C)on2)c(C(=O)NC2CCCN(CCC(C)(C)C)CC2)c1Cl. The van der Waals surface area contributed by atoms with E-state index in [4.69, 9.17) is 16.1 Å². The first-order valence-corrected chi connectivity index (χ1v) is 11.3. The van der Waals surface area contributed by atoms with Gasteiger partial charge in [0.05, 0.1) is 0 Å². The summed E-state index contributed by atoms with van der Waals surface area (Å²) in [5.74, 6) is 0.473. The van der Waals surface area contributed by atoms with E-state index < -0.39 is 0 Å². The summed E-state index contributed by atoms with van der Waals surface area (Å²) >= 11 is 6.51. The van der Waals surface area contributed by atoms with Crippen LogP contribution in [0.25, 0.3) is 11.4 Å². The standard InChI is InChI=1S/C22H34ClN5O2/c1-6-28-20(23)18(19(25-28)17-14-15(2)30-26-17)21(29)24-16-8-7-11-27(12-9-16)13-10-22(3,4)5/h14,16H,6-13H2,1-5H3,(H,24,29). The molecule has 0 bridgehead atoms. The van der Waals surface area contributed by atoms with Crippen LogP contribution < -0.4 is 5.32 Å². The molecule has 0 aliphatic carbocycles. The molecule has 166 valence electrons. The van der Waals surface area contributed by atoms with Crippen LogP contribution in [0.15, 0.2) is 10.6 Å². The molecule has 30 heavy (non-hydrogen) atoms. The van der Waals surface area contributed by atoms with Crippen molar-refractivity contribution in [3.8, 4) is 11.4 Å². The summed E-state index contributed by atoms with van der Waals surface area (Å²) in [5.41, 5.74) is 1.71. The number of nitrogens with zero attached hydrogens (tertiary/aromatic N) is 4. The van der Waals surface area contributed by atoms with Crippen LogP contribution in [0, 0.1) is 12.3 Å². The fourth-order valence-electron chi connectivity index (χ4n) is 3.78. The normalized spacial score (nSPS) is 18.4. The van der Waals surface area contributed by atoms with E-state index in [0.717, 1.165) is 38.9 Å². The highest BCUT2D eigenvalue weighted by molar-refractivity contribution is 6.33. The Morgan fingerprint density at radius 2 is 2.10 bits per heavy atom.